The van der Waals surface area contributed by atoms with Gasteiger partial charge in [-0.3, -0.25) is 9.59 Å². The Morgan fingerprint density at radius 2 is 1.65 bits per heavy atom. The highest BCUT2D eigenvalue weighted by Gasteiger charge is 2.39. The summed E-state index contributed by atoms with van der Waals surface area (Å²) in [5.74, 6) is -0.806. The number of rotatable bonds is 3. The summed E-state index contributed by atoms with van der Waals surface area (Å²) in [6.07, 6.45) is -1.53. The Kier molecular flexibility index (Phi) is 4.89. The Balaban J connectivity index is 2.67. The standard InChI is InChI=1S/C11H18O6/c1-6-9(16-7(2)12)5-10(17-8(3)13)11(14-4)15-6/h6,9-11H,5H2,1-4H3/t6-,9-,10-,11?/m1/s1. The number of ether oxygens (including phenoxy) is 4. The zero-order valence-electron chi connectivity index (χ0n) is 10.5. The molecule has 0 radical (unpaired) electrons. The molecule has 1 aliphatic rings. The molecule has 1 heterocycles. The molecule has 0 spiro atoms. The Bertz CT molecular complexity index is 290. The molecule has 0 aromatic heterocycles. The third kappa shape index (κ3) is 3.98. The maximum Gasteiger partial charge on any atom is 0.303 e. The van der Waals surface area contributed by atoms with E-state index in [1.807, 2.05) is 0 Å². The highest BCUT2D eigenvalue weighted by atomic mass is 16.7. The van der Waals surface area contributed by atoms with Crippen LogP contribution in [0.15, 0.2) is 0 Å². The summed E-state index contributed by atoms with van der Waals surface area (Å²) in [6.45, 7) is 4.42. The predicted octanol–water partition coefficient (Wildman–Crippen LogP) is 0.631. The normalized spacial score (nSPS) is 32.9. The van der Waals surface area contributed by atoms with Crippen molar-refractivity contribution in [3.05, 3.63) is 0 Å². The van der Waals surface area contributed by atoms with Gasteiger partial charge in [0.1, 0.15) is 6.10 Å². The lowest BCUT2D eigenvalue weighted by Crippen LogP contribution is -2.49. The van der Waals surface area contributed by atoms with Crippen molar-refractivity contribution in [1.82, 2.24) is 0 Å². The average Bonchev–Trinajstić information content (AvgIpc) is 2.21. The van der Waals surface area contributed by atoms with E-state index in [1.54, 1.807) is 6.92 Å². The van der Waals surface area contributed by atoms with Crippen molar-refractivity contribution in [1.29, 1.82) is 0 Å². The van der Waals surface area contributed by atoms with Crippen LogP contribution in [0.1, 0.15) is 27.2 Å². The zero-order chi connectivity index (χ0) is 13.0. The van der Waals surface area contributed by atoms with Crippen LogP contribution >= 0.6 is 0 Å². The van der Waals surface area contributed by atoms with E-state index in [9.17, 15) is 9.59 Å². The second kappa shape index (κ2) is 5.97. The van der Waals surface area contributed by atoms with Crippen molar-refractivity contribution in [3.8, 4) is 0 Å². The molecule has 0 N–H and O–H groups in total. The van der Waals surface area contributed by atoms with Gasteiger partial charge in [-0.2, -0.15) is 0 Å². The molecule has 0 aliphatic carbocycles. The largest absolute Gasteiger partial charge is 0.460 e. The van der Waals surface area contributed by atoms with Crippen LogP contribution in [0, 0.1) is 0 Å². The fraction of sp³-hybridized carbons (Fsp3) is 0.818. The first-order valence-corrected chi connectivity index (χ1v) is 5.46. The molecular formula is C11H18O6. The van der Waals surface area contributed by atoms with Crippen LogP contribution in [-0.4, -0.2) is 43.7 Å². The second-order valence-corrected chi connectivity index (χ2v) is 3.98. The van der Waals surface area contributed by atoms with Crippen molar-refractivity contribution in [2.45, 2.75) is 51.8 Å². The van der Waals surface area contributed by atoms with Gasteiger partial charge in [0.15, 0.2) is 12.4 Å². The van der Waals surface area contributed by atoms with Gasteiger partial charge in [-0.25, -0.2) is 0 Å². The lowest BCUT2D eigenvalue weighted by Gasteiger charge is -2.38. The minimum absolute atomic E-state index is 0.296. The fourth-order valence-corrected chi connectivity index (χ4v) is 1.80. The summed E-state index contributed by atoms with van der Waals surface area (Å²) in [5, 5.41) is 0. The number of carbonyl (C=O) groups is 2. The van der Waals surface area contributed by atoms with Crippen LogP contribution < -0.4 is 0 Å². The first-order valence-electron chi connectivity index (χ1n) is 5.46. The number of carbonyl (C=O) groups excluding carboxylic acids is 2. The van der Waals surface area contributed by atoms with Crippen molar-refractivity contribution in [3.63, 3.8) is 0 Å². The zero-order valence-corrected chi connectivity index (χ0v) is 10.5. The van der Waals surface area contributed by atoms with Gasteiger partial charge < -0.3 is 18.9 Å². The quantitative estimate of drug-likeness (QED) is 0.680. The number of hydrogen-bond donors (Lipinski definition) is 0. The molecular weight excluding hydrogens is 228 g/mol. The molecule has 98 valence electrons. The van der Waals surface area contributed by atoms with E-state index in [2.05, 4.69) is 0 Å². The highest BCUT2D eigenvalue weighted by Crippen LogP contribution is 2.25. The van der Waals surface area contributed by atoms with Crippen LogP contribution in [0.2, 0.25) is 0 Å². The summed E-state index contributed by atoms with van der Waals surface area (Å²) in [5.41, 5.74) is 0. The van der Waals surface area contributed by atoms with Crippen LogP contribution in [0.25, 0.3) is 0 Å². The second-order valence-electron chi connectivity index (χ2n) is 3.98. The van der Waals surface area contributed by atoms with E-state index < -0.39 is 24.5 Å². The summed E-state index contributed by atoms with van der Waals surface area (Å²) < 4.78 is 20.7. The Morgan fingerprint density at radius 3 is 2.12 bits per heavy atom. The fourth-order valence-electron chi connectivity index (χ4n) is 1.80. The Labute approximate surface area is 100 Å². The first kappa shape index (κ1) is 13.9. The van der Waals surface area contributed by atoms with Crippen LogP contribution in [-0.2, 0) is 28.5 Å². The maximum absolute atomic E-state index is 10.9. The minimum Gasteiger partial charge on any atom is -0.460 e. The Morgan fingerprint density at radius 1 is 1.12 bits per heavy atom. The summed E-state index contributed by atoms with van der Waals surface area (Å²) >= 11 is 0. The molecule has 1 aliphatic heterocycles. The van der Waals surface area contributed by atoms with Gasteiger partial charge in [-0.05, 0) is 6.92 Å². The first-order chi connectivity index (χ1) is 7.93. The third-order valence-corrected chi connectivity index (χ3v) is 2.51. The van der Waals surface area contributed by atoms with Crippen molar-refractivity contribution < 1.29 is 28.5 Å². The smallest absolute Gasteiger partial charge is 0.303 e. The van der Waals surface area contributed by atoms with E-state index in [4.69, 9.17) is 18.9 Å². The number of esters is 2. The molecule has 1 rings (SSSR count). The summed E-state index contributed by atoms with van der Waals surface area (Å²) in [6, 6.07) is 0. The molecule has 1 saturated heterocycles. The molecule has 0 aromatic rings. The summed E-state index contributed by atoms with van der Waals surface area (Å²) in [7, 11) is 1.47. The number of hydrogen-bond acceptors (Lipinski definition) is 6. The lowest BCUT2D eigenvalue weighted by atomic mass is 10.0. The number of methoxy groups -OCH3 is 1. The predicted molar refractivity (Wildman–Crippen MR) is 57.1 cm³/mol. The van der Waals surface area contributed by atoms with Gasteiger partial charge in [0, 0.05) is 27.4 Å². The lowest BCUT2D eigenvalue weighted by molar-refractivity contribution is -0.260. The van der Waals surface area contributed by atoms with Crippen molar-refractivity contribution in [2.24, 2.45) is 0 Å². The average molecular weight is 246 g/mol. The SMILES string of the molecule is COC1O[C@H](C)[C@H](OC(C)=O)C[C@H]1OC(C)=O. The van der Waals surface area contributed by atoms with Crippen molar-refractivity contribution in [2.75, 3.05) is 7.11 Å². The van der Waals surface area contributed by atoms with Gasteiger partial charge in [-0.1, -0.05) is 0 Å². The van der Waals surface area contributed by atoms with Gasteiger partial charge >= 0.3 is 11.9 Å². The Hall–Kier alpha value is -1.14. The molecule has 6 nitrogen and oxygen atoms in total. The topological polar surface area (TPSA) is 71.1 Å². The highest BCUT2D eigenvalue weighted by molar-refractivity contribution is 5.66. The molecule has 0 amide bonds. The van der Waals surface area contributed by atoms with Gasteiger partial charge in [0.25, 0.3) is 0 Å². The minimum atomic E-state index is -0.624. The molecule has 1 unspecified atom stereocenters. The van der Waals surface area contributed by atoms with E-state index >= 15 is 0 Å². The van der Waals surface area contributed by atoms with Crippen molar-refractivity contribution >= 4 is 11.9 Å². The summed E-state index contributed by atoms with van der Waals surface area (Å²) in [4.78, 5) is 21.9. The van der Waals surface area contributed by atoms with E-state index in [1.165, 1.54) is 21.0 Å². The molecule has 1 fully saturated rings. The van der Waals surface area contributed by atoms with Crippen LogP contribution in [0.4, 0.5) is 0 Å². The molecule has 0 aromatic carbocycles. The molecule has 4 atom stereocenters. The van der Waals surface area contributed by atoms with E-state index in [0.717, 1.165) is 0 Å². The van der Waals surface area contributed by atoms with E-state index in [-0.39, 0.29) is 12.1 Å². The maximum atomic E-state index is 10.9. The van der Waals surface area contributed by atoms with Gasteiger partial charge in [-0.15, -0.1) is 0 Å². The van der Waals surface area contributed by atoms with Crippen LogP contribution in [0.3, 0.4) is 0 Å². The van der Waals surface area contributed by atoms with E-state index in [0.29, 0.717) is 6.42 Å². The molecule has 0 bridgehead atoms. The van der Waals surface area contributed by atoms with Gasteiger partial charge in [0.05, 0.1) is 6.10 Å². The molecule has 17 heavy (non-hydrogen) atoms. The molecule has 0 saturated carbocycles. The van der Waals surface area contributed by atoms with Gasteiger partial charge in [0.2, 0.25) is 0 Å². The monoisotopic (exact) mass is 246 g/mol. The van der Waals surface area contributed by atoms with Crippen LogP contribution in [0.5, 0.6) is 0 Å². The molecule has 6 heteroatoms. The third-order valence-electron chi connectivity index (χ3n) is 2.51.